The average molecular weight is 559 g/mol. The summed E-state index contributed by atoms with van der Waals surface area (Å²) in [7, 11) is 4.02. The Morgan fingerprint density at radius 2 is 1.88 bits per heavy atom. The molecule has 5 rings (SSSR count). The van der Waals surface area contributed by atoms with E-state index >= 15 is 0 Å². The Morgan fingerprint density at radius 1 is 1.15 bits per heavy atom. The van der Waals surface area contributed by atoms with Crippen molar-refractivity contribution in [3.8, 4) is 5.75 Å². The van der Waals surface area contributed by atoms with Crippen molar-refractivity contribution in [3.05, 3.63) is 89.0 Å². The molecule has 5 atom stereocenters. The van der Waals surface area contributed by atoms with Crippen LogP contribution in [-0.2, 0) is 26.8 Å². The Labute approximate surface area is 247 Å². The Bertz CT molecular complexity index is 1250. The third kappa shape index (κ3) is 6.17. The lowest BCUT2D eigenvalue weighted by Gasteiger charge is -2.54. The zero-order valence-corrected chi connectivity index (χ0v) is 26.2. The predicted octanol–water partition coefficient (Wildman–Crippen LogP) is 6.65. The van der Waals surface area contributed by atoms with Gasteiger partial charge in [-0.25, -0.2) is 0 Å². The van der Waals surface area contributed by atoms with Crippen LogP contribution in [0.3, 0.4) is 0 Å². The molecule has 5 heteroatoms. The fourth-order valence-electron chi connectivity index (χ4n) is 7.33. The van der Waals surface area contributed by atoms with Crippen LogP contribution in [0.25, 0.3) is 0 Å². The van der Waals surface area contributed by atoms with Crippen molar-refractivity contribution in [2.75, 3.05) is 33.8 Å². The number of fused-ring (bicyclic) bond motifs is 4. The average Bonchev–Trinajstić information content (AvgIpc) is 2.95. The first kappa shape index (κ1) is 31.1. The van der Waals surface area contributed by atoms with Gasteiger partial charge in [0, 0.05) is 18.6 Å². The van der Waals surface area contributed by atoms with E-state index in [1.54, 1.807) is 0 Å². The highest BCUT2D eigenvalue weighted by Gasteiger charge is 2.49. The summed E-state index contributed by atoms with van der Waals surface area (Å²) in [6.07, 6.45) is 10.6. The Balaban J connectivity index is 0.000000189. The molecular formula is C36H50N2O3. The minimum absolute atomic E-state index is 0.0256. The van der Waals surface area contributed by atoms with Gasteiger partial charge in [-0.05, 0) is 107 Å². The summed E-state index contributed by atoms with van der Waals surface area (Å²) in [6, 6.07) is 16.6. The summed E-state index contributed by atoms with van der Waals surface area (Å²) in [5.74, 6) is 0.924. The number of phenols is 1. The molecule has 2 aromatic rings. The summed E-state index contributed by atoms with van der Waals surface area (Å²) in [6.45, 7) is 13.6. The molecule has 222 valence electrons. The fourth-order valence-corrected chi connectivity index (χ4v) is 7.33. The molecule has 0 aromatic heterocycles. The number of esters is 1. The number of carbonyl (C=O) groups excluding carboxylic acids is 1. The lowest BCUT2D eigenvalue weighted by Crippen LogP contribution is -2.57. The molecule has 0 spiro atoms. The first-order valence-corrected chi connectivity index (χ1v) is 15.3. The number of likely N-dealkylation sites (tertiary alicyclic amines) is 1. The second kappa shape index (κ2) is 13.0. The molecule has 1 saturated heterocycles. The molecule has 2 aliphatic carbocycles. The third-order valence-corrected chi connectivity index (χ3v) is 9.85. The van der Waals surface area contributed by atoms with Crippen LogP contribution >= 0.6 is 0 Å². The molecule has 1 N–H and O–H groups in total. The van der Waals surface area contributed by atoms with E-state index in [0.29, 0.717) is 24.3 Å². The quantitative estimate of drug-likeness (QED) is 0.318. The number of hydrogen-bond donors (Lipinski definition) is 1. The number of likely N-dealkylation sites (N-methyl/N-ethyl adjacent to an activating group) is 1. The van der Waals surface area contributed by atoms with Crippen LogP contribution in [0, 0.1) is 5.92 Å². The van der Waals surface area contributed by atoms with Crippen molar-refractivity contribution >= 4 is 5.97 Å². The monoisotopic (exact) mass is 558 g/mol. The molecule has 1 heterocycles. The molecule has 0 amide bonds. The van der Waals surface area contributed by atoms with Gasteiger partial charge in [-0.2, -0.15) is 0 Å². The summed E-state index contributed by atoms with van der Waals surface area (Å²) >= 11 is 0. The molecule has 2 aromatic carbocycles. The lowest BCUT2D eigenvalue weighted by molar-refractivity contribution is -0.152. The van der Waals surface area contributed by atoms with Crippen molar-refractivity contribution in [1.82, 2.24) is 9.80 Å². The van der Waals surface area contributed by atoms with Gasteiger partial charge in [0.15, 0.2) is 0 Å². The van der Waals surface area contributed by atoms with Crippen LogP contribution in [0.2, 0.25) is 0 Å². The minimum Gasteiger partial charge on any atom is -0.508 e. The van der Waals surface area contributed by atoms with Crippen molar-refractivity contribution in [2.45, 2.75) is 83.2 Å². The molecular weight excluding hydrogens is 508 g/mol. The number of benzene rings is 2. The number of phenolic OH excluding ortho intramolecular Hbond substituents is 1. The molecule has 0 unspecified atom stereocenters. The highest BCUT2D eigenvalue weighted by Crippen LogP contribution is 2.49. The van der Waals surface area contributed by atoms with Crippen LogP contribution in [0.1, 0.15) is 70.6 Å². The number of aromatic hydroxyl groups is 1. The standard InChI is InChI=1S/C19H27NO.C17H23NO2/c1-13(2)7-9-20-10-8-19(4)14(3)18(20)11-15-5-6-16(21)12-17(15)19;1-4-20-16(19)17(14-10-6-5-7-11-14)13-9-8-12-15(17)18(2)3/h5-7,12,14,18,21H,8-11H2,1-4H3;5-8,10-12,15H,4,9,13H2,1-3H3/t14-,18+,19+;15-,17+/m01/s1. The predicted molar refractivity (Wildman–Crippen MR) is 168 cm³/mol. The third-order valence-electron chi connectivity index (χ3n) is 9.85. The van der Waals surface area contributed by atoms with Crippen molar-refractivity contribution in [2.24, 2.45) is 5.92 Å². The number of nitrogens with zero attached hydrogens (tertiary/aromatic N) is 2. The number of allylic oxidation sites excluding steroid dienone is 2. The van der Waals surface area contributed by atoms with Crippen LogP contribution in [0.15, 0.2) is 72.3 Å². The van der Waals surface area contributed by atoms with E-state index < -0.39 is 5.41 Å². The van der Waals surface area contributed by atoms with Gasteiger partial charge in [0.2, 0.25) is 0 Å². The number of rotatable bonds is 6. The van der Waals surface area contributed by atoms with Gasteiger partial charge in [0.05, 0.1) is 6.61 Å². The highest BCUT2D eigenvalue weighted by atomic mass is 16.5. The number of piperidine rings is 1. The number of ether oxygens (including phenoxy) is 1. The molecule has 5 nitrogen and oxygen atoms in total. The van der Waals surface area contributed by atoms with E-state index in [0.717, 1.165) is 37.9 Å². The van der Waals surface area contributed by atoms with E-state index in [4.69, 9.17) is 4.74 Å². The maximum absolute atomic E-state index is 12.8. The van der Waals surface area contributed by atoms with Gasteiger partial charge >= 0.3 is 5.97 Å². The van der Waals surface area contributed by atoms with Crippen LogP contribution in [0.5, 0.6) is 5.75 Å². The Morgan fingerprint density at radius 3 is 2.54 bits per heavy atom. The smallest absolute Gasteiger partial charge is 0.318 e. The SMILES string of the molecule is CC(C)=CCN1CC[C@@]2(C)c3cc(O)ccc3C[C@@H]1[C@@H]2C.CCOC(=O)[C@]1(c2ccccc2)CCC=C[C@H]1N(C)C. The van der Waals surface area contributed by atoms with Gasteiger partial charge in [-0.1, -0.05) is 74.0 Å². The van der Waals surface area contributed by atoms with Crippen LogP contribution < -0.4 is 0 Å². The van der Waals surface area contributed by atoms with Crippen LogP contribution in [0.4, 0.5) is 0 Å². The van der Waals surface area contributed by atoms with Crippen molar-refractivity contribution < 1.29 is 14.6 Å². The summed E-state index contributed by atoms with van der Waals surface area (Å²) in [4.78, 5) is 17.5. The van der Waals surface area contributed by atoms with E-state index in [1.165, 1.54) is 23.1 Å². The van der Waals surface area contributed by atoms with E-state index in [2.05, 4.69) is 61.8 Å². The first-order valence-electron chi connectivity index (χ1n) is 15.3. The zero-order valence-electron chi connectivity index (χ0n) is 26.2. The van der Waals surface area contributed by atoms with Gasteiger partial charge in [0.25, 0.3) is 0 Å². The second-order valence-electron chi connectivity index (χ2n) is 12.8. The van der Waals surface area contributed by atoms with Crippen molar-refractivity contribution in [1.29, 1.82) is 0 Å². The second-order valence-corrected chi connectivity index (χ2v) is 12.8. The van der Waals surface area contributed by atoms with Gasteiger partial charge < -0.3 is 14.7 Å². The molecule has 1 fully saturated rings. The van der Waals surface area contributed by atoms with Gasteiger partial charge in [0.1, 0.15) is 11.2 Å². The van der Waals surface area contributed by atoms with Crippen molar-refractivity contribution in [3.63, 3.8) is 0 Å². The molecule has 0 radical (unpaired) electrons. The normalized spacial score (nSPS) is 28.7. The van der Waals surface area contributed by atoms with Crippen LogP contribution in [-0.4, -0.2) is 66.8 Å². The number of carbonyl (C=O) groups is 1. The molecule has 41 heavy (non-hydrogen) atoms. The topological polar surface area (TPSA) is 53.0 Å². The first-order chi connectivity index (χ1) is 19.5. The molecule has 0 saturated carbocycles. The van der Waals surface area contributed by atoms with Gasteiger partial charge in [-0.15, -0.1) is 0 Å². The lowest BCUT2D eigenvalue weighted by atomic mass is 9.59. The minimum atomic E-state index is -0.602. The van der Waals surface area contributed by atoms with Gasteiger partial charge in [-0.3, -0.25) is 9.69 Å². The fraction of sp³-hybridized carbons (Fsp3) is 0.528. The number of hydrogen-bond acceptors (Lipinski definition) is 5. The molecule has 1 aliphatic heterocycles. The van der Waals surface area contributed by atoms with E-state index in [9.17, 15) is 9.90 Å². The maximum atomic E-state index is 12.8. The largest absolute Gasteiger partial charge is 0.508 e. The van der Waals surface area contributed by atoms with E-state index in [1.807, 2.05) is 63.5 Å². The molecule has 2 bridgehead atoms. The van der Waals surface area contributed by atoms with E-state index in [-0.39, 0.29) is 17.4 Å². The maximum Gasteiger partial charge on any atom is 0.318 e. The summed E-state index contributed by atoms with van der Waals surface area (Å²) in [5.41, 5.74) is 4.86. The Hall–Kier alpha value is -2.89. The summed E-state index contributed by atoms with van der Waals surface area (Å²) in [5, 5.41) is 9.87. The highest BCUT2D eigenvalue weighted by molar-refractivity contribution is 5.85. The Kier molecular flexibility index (Phi) is 9.81. The zero-order chi connectivity index (χ0) is 29.8. The molecule has 3 aliphatic rings. The summed E-state index contributed by atoms with van der Waals surface area (Å²) < 4.78 is 5.42.